The van der Waals surface area contributed by atoms with Crippen LogP contribution >= 0.6 is 11.3 Å². The fourth-order valence-corrected chi connectivity index (χ4v) is 6.48. The fourth-order valence-electron chi connectivity index (χ4n) is 5.43. The van der Waals surface area contributed by atoms with Gasteiger partial charge in [0.2, 0.25) is 5.91 Å². The lowest BCUT2D eigenvalue weighted by molar-refractivity contribution is -0.124. The molecule has 1 aromatic heterocycles. The van der Waals surface area contributed by atoms with E-state index >= 15 is 0 Å². The number of rotatable bonds is 5. The predicted octanol–water partition coefficient (Wildman–Crippen LogP) is 6.84. The third-order valence-corrected chi connectivity index (χ3v) is 8.56. The molecular weight excluding hydrogens is 413 g/mol. The number of carboxylic acid groups (broad SMARTS) is 1. The van der Waals surface area contributed by atoms with Gasteiger partial charge in [0.05, 0.1) is 5.69 Å². The number of amides is 1. The highest BCUT2D eigenvalue weighted by Gasteiger charge is 2.37. The lowest BCUT2D eigenvalue weighted by Gasteiger charge is -2.38. The molecule has 1 amide bonds. The van der Waals surface area contributed by atoms with Crippen LogP contribution in [0.1, 0.15) is 98.5 Å². The molecule has 0 atom stereocenters. The van der Waals surface area contributed by atoms with E-state index in [4.69, 9.17) is 0 Å². The number of carboxylic acids is 1. The summed E-state index contributed by atoms with van der Waals surface area (Å²) in [5.74, 6) is -0.339. The number of allylic oxidation sites excluding steroid dienone is 2. The van der Waals surface area contributed by atoms with Gasteiger partial charge in [0, 0.05) is 16.8 Å². The molecule has 0 radical (unpaired) electrons. The monoisotopic (exact) mass is 447 g/mol. The van der Waals surface area contributed by atoms with E-state index in [2.05, 4.69) is 13.0 Å². The first kappa shape index (κ1) is 22.5. The van der Waals surface area contributed by atoms with Crippen LogP contribution in [0.4, 0.5) is 10.1 Å². The van der Waals surface area contributed by atoms with E-state index in [1.807, 2.05) is 6.07 Å². The molecule has 4 nitrogen and oxygen atoms in total. The summed E-state index contributed by atoms with van der Waals surface area (Å²) in [6.07, 6.45) is 11.6. The lowest BCUT2D eigenvalue weighted by atomic mass is 9.81. The van der Waals surface area contributed by atoms with Crippen LogP contribution in [0.25, 0.3) is 5.57 Å². The largest absolute Gasteiger partial charge is 0.477 e. The maximum absolute atomic E-state index is 13.9. The van der Waals surface area contributed by atoms with Crippen molar-refractivity contribution >= 4 is 34.5 Å². The van der Waals surface area contributed by atoms with Crippen molar-refractivity contribution in [3.05, 3.63) is 21.9 Å². The number of thiophene rings is 1. The molecule has 1 aromatic rings. The van der Waals surface area contributed by atoms with Crippen LogP contribution in [0.2, 0.25) is 0 Å². The Kier molecular flexibility index (Phi) is 7.15. The number of carbonyl (C=O) groups excluding carboxylic acids is 1. The second-order valence-electron chi connectivity index (χ2n) is 9.68. The summed E-state index contributed by atoms with van der Waals surface area (Å²) < 4.78 is 13.9. The minimum absolute atomic E-state index is 0.0543. The number of anilines is 1. The van der Waals surface area contributed by atoms with Gasteiger partial charge in [-0.05, 0) is 94.6 Å². The number of carbonyl (C=O) groups is 2. The van der Waals surface area contributed by atoms with Crippen molar-refractivity contribution < 1.29 is 19.1 Å². The van der Waals surface area contributed by atoms with Crippen molar-refractivity contribution in [1.82, 2.24) is 0 Å². The molecule has 3 aliphatic carbocycles. The lowest BCUT2D eigenvalue weighted by Crippen LogP contribution is -2.46. The smallest absolute Gasteiger partial charge is 0.348 e. The van der Waals surface area contributed by atoms with Gasteiger partial charge in [0.25, 0.3) is 0 Å². The summed E-state index contributed by atoms with van der Waals surface area (Å²) >= 11 is 1.30. The Bertz CT molecular complexity index is 832. The average Bonchev–Trinajstić information content (AvgIpc) is 3.22. The SMILES string of the molecule is C[C@H]1CC[C@H](C(=O)N(c2cc(C3=CCCCC3)sc2C(=O)O)[C@H]2CC[C@@H](F)CC2)CC1. The molecule has 0 bridgehead atoms. The normalized spacial score (nSPS) is 29.3. The molecule has 1 heterocycles. The third kappa shape index (κ3) is 5.05. The van der Waals surface area contributed by atoms with Crippen LogP contribution in [-0.2, 0) is 4.79 Å². The highest BCUT2D eigenvalue weighted by molar-refractivity contribution is 7.15. The van der Waals surface area contributed by atoms with Crippen LogP contribution in [0.5, 0.6) is 0 Å². The Morgan fingerprint density at radius 1 is 1.06 bits per heavy atom. The summed E-state index contributed by atoms with van der Waals surface area (Å²) in [7, 11) is 0. The van der Waals surface area contributed by atoms with Gasteiger partial charge < -0.3 is 10.0 Å². The van der Waals surface area contributed by atoms with Gasteiger partial charge in [0.15, 0.2) is 0 Å². The first-order valence-corrected chi connectivity index (χ1v) is 12.8. The molecule has 0 unspecified atom stereocenters. The predicted molar refractivity (Wildman–Crippen MR) is 123 cm³/mol. The van der Waals surface area contributed by atoms with Gasteiger partial charge in [-0.1, -0.05) is 13.0 Å². The van der Waals surface area contributed by atoms with Gasteiger partial charge in [-0.2, -0.15) is 0 Å². The van der Waals surface area contributed by atoms with Crippen LogP contribution in [0, 0.1) is 11.8 Å². The van der Waals surface area contributed by atoms with Crippen LogP contribution < -0.4 is 4.90 Å². The Morgan fingerprint density at radius 3 is 2.39 bits per heavy atom. The highest BCUT2D eigenvalue weighted by atomic mass is 32.1. The summed E-state index contributed by atoms with van der Waals surface area (Å²) in [5.41, 5.74) is 1.75. The zero-order valence-corrected chi connectivity index (χ0v) is 19.3. The van der Waals surface area contributed by atoms with Crippen molar-refractivity contribution in [1.29, 1.82) is 0 Å². The number of alkyl halides is 1. The first-order chi connectivity index (χ1) is 14.9. The molecule has 2 fully saturated rings. The molecular formula is C25H34FNO3S. The first-order valence-electron chi connectivity index (χ1n) is 12.0. The summed E-state index contributed by atoms with van der Waals surface area (Å²) in [4.78, 5) is 29.0. The van der Waals surface area contributed by atoms with Crippen molar-refractivity contribution in [3.8, 4) is 0 Å². The third-order valence-electron chi connectivity index (χ3n) is 7.37. The molecule has 0 aromatic carbocycles. The number of aromatic carboxylic acids is 1. The molecule has 3 aliphatic rings. The minimum Gasteiger partial charge on any atom is -0.477 e. The van der Waals surface area contributed by atoms with Crippen LogP contribution in [-0.4, -0.2) is 29.2 Å². The average molecular weight is 448 g/mol. The van der Waals surface area contributed by atoms with Crippen molar-refractivity contribution in [3.63, 3.8) is 0 Å². The van der Waals surface area contributed by atoms with Gasteiger partial charge in [-0.15, -0.1) is 11.3 Å². The van der Waals surface area contributed by atoms with Crippen LogP contribution in [0.15, 0.2) is 12.1 Å². The second kappa shape index (κ2) is 9.85. The summed E-state index contributed by atoms with van der Waals surface area (Å²) in [6.45, 7) is 2.23. The van der Waals surface area contributed by atoms with E-state index < -0.39 is 12.1 Å². The van der Waals surface area contributed by atoms with Gasteiger partial charge >= 0.3 is 5.97 Å². The molecule has 2 saturated carbocycles. The zero-order valence-electron chi connectivity index (χ0n) is 18.4. The molecule has 0 aliphatic heterocycles. The molecule has 4 rings (SSSR count). The zero-order chi connectivity index (χ0) is 22.0. The topological polar surface area (TPSA) is 57.6 Å². The van der Waals surface area contributed by atoms with Crippen molar-refractivity contribution in [2.75, 3.05) is 4.90 Å². The maximum Gasteiger partial charge on any atom is 0.348 e. The highest BCUT2D eigenvalue weighted by Crippen LogP contribution is 2.42. The number of hydrogen-bond acceptors (Lipinski definition) is 3. The molecule has 170 valence electrons. The Labute approximate surface area is 188 Å². The van der Waals surface area contributed by atoms with E-state index in [0.29, 0.717) is 37.3 Å². The minimum atomic E-state index is -0.975. The standard InChI is InChI=1S/C25H34FNO3S/c1-16-7-9-18(10-8-16)24(28)27(20-13-11-19(26)12-14-20)21-15-22(31-23(21)25(29)30)17-5-3-2-4-6-17/h5,15-16,18-20H,2-4,6-14H2,1H3,(H,29,30)/t16-,18-,19-,20+. The summed E-state index contributed by atoms with van der Waals surface area (Å²) in [5, 5.41) is 9.99. The maximum atomic E-state index is 13.9. The number of hydrogen-bond donors (Lipinski definition) is 1. The van der Waals surface area contributed by atoms with Gasteiger partial charge in [-0.3, -0.25) is 4.79 Å². The quantitative estimate of drug-likeness (QED) is 0.537. The van der Waals surface area contributed by atoms with E-state index in [1.54, 1.807) is 4.90 Å². The van der Waals surface area contributed by atoms with Gasteiger partial charge in [0.1, 0.15) is 11.0 Å². The summed E-state index contributed by atoms with van der Waals surface area (Å²) in [6, 6.07) is 1.83. The number of halogens is 1. The Morgan fingerprint density at radius 2 is 1.77 bits per heavy atom. The van der Waals surface area contributed by atoms with E-state index in [9.17, 15) is 19.1 Å². The molecule has 0 spiro atoms. The Hall–Kier alpha value is -1.69. The number of nitrogens with zero attached hydrogens (tertiary/aromatic N) is 1. The molecule has 0 saturated heterocycles. The van der Waals surface area contributed by atoms with Crippen molar-refractivity contribution in [2.45, 2.75) is 96.2 Å². The van der Waals surface area contributed by atoms with E-state index in [1.165, 1.54) is 23.3 Å². The van der Waals surface area contributed by atoms with E-state index in [0.717, 1.165) is 49.8 Å². The van der Waals surface area contributed by atoms with Crippen LogP contribution in [0.3, 0.4) is 0 Å². The fraction of sp³-hybridized carbons (Fsp3) is 0.680. The Balaban J connectivity index is 1.70. The molecule has 1 N–H and O–H groups in total. The molecule has 31 heavy (non-hydrogen) atoms. The van der Waals surface area contributed by atoms with E-state index in [-0.39, 0.29) is 22.7 Å². The second-order valence-corrected chi connectivity index (χ2v) is 10.7. The van der Waals surface area contributed by atoms with Gasteiger partial charge in [-0.25, -0.2) is 9.18 Å². The van der Waals surface area contributed by atoms with Crippen molar-refractivity contribution in [2.24, 2.45) is 11.8 Å². The molecule has 6 heteroatoms.